The first-order chi connectivity index (χ1) is 15.5. The second-order valence-corrected chi connectivity index (χ2v) is 8.92. The maximum absolute atomic E-state index is 10.4. The van der Waals surface area contributed by atoms with E-state index in [1.54, 1.807) is 7.11 Å². The van der Waals surface area contributed by atoms with Crippen LogP contribution < -0.4 is 4.74 Å². The van der Waals surface area contributed by atoms with E-state index < -0.39 is 5.60 Å². The Kier molecular flexibility index (Phi) is 5.41. The average Bonchev–Trinajstić information content (AvgIpc) is 3.22. The molecule has 1 saturated heterocycles. The van der Waals surface area contributed by atoms with E-state index in [1.807, 2.05) is 37.6 Å². The van der Waals surface area contributed by atoms with E-state index >= 15 is 0 Å². The molecule has 1 atom stereocenters. The van der Waals surface area contributed by atoms with E-state index in [2.05, 4.69) is 50.2 Å². The lowest BCUT2D eigenvalue weighted by Gasteiger charge is -2.36. The molecule has 3 aromatic heterocycles. The molecule has 1 fully saturated rings. The van der Waals surface area contributed by atoms with Crippen molar-refractivity contribution in [1.82, 2.24) is 19.9 Å². The molecule has 1 aliphatic heterocycles. The normalized spacial score (nSPS) is 19.3. The molecule has 4 heterocycles. The molecule has 4 aromatic rings. The predicted molar refractivity (Wildman–Crippen MR) is 126 cm³/mol. The van der Waals surface area contributed by atoms with Gasteiger partial charge in [0.1, 0.15) is 5.65 Å². The maximum atomic E-state index is 10.4. The van der Waals surface area contributed by atoms with Crippen LogP contribution in [0.15, 0.2) is 61.1 Å². The fourth-order valence-corrected chi connectivity index (χ4v) is 4.58. The molecular weight excluding hydrogens is 400 g/mol. The predicted octanol–water partition coefficient (Wildman–Crippen LogP) is 4.65. The highest BCUT2D eigenvalue weighted by atomic mass is 16.5. The number of ether oxygens (including phenoxy) is 1. The highest BCUT2D eigenvalue weighted by Gasteiger charge is 2.28. The Morgan fingerprint density at radius 2 is 1.84 bits per heavy atom. The van der Waals surface area contributed by atoms with Gasteiger partial charge in [-0.15, -0.1) is 0 Å². The maximum Gasteiger partial charge on any atom is 0.212 e. The summed E-state index contributed by atoms with van der Waals surface area (Å²) >= 11 is 0. The van der Waals surface area contributed by atoms with Crippen LogP contribution in [0.25, 0.3) is 33.3 Å². The van der Waals surface area contributed by atoms with Crippen molar-refractivity contribution in [3.05, 3.63) is 66.6 Å². The van der Waals surface area contributed by atoms with Gasteiger partial charge in [0.2, 0.25) is 5.88 Å². The largest absolute Gasteiger partial charge is 0.481 e. The van der Waals surface area contributed by atoms with Crippen LogP contribution in [0.1, 0.15) is 25.3 Å². The molecule has 1 aromatic carbocycles. The summed E-state index contributed by atoms with van der Waals surface area (Å²) in [6.07, 6.45) is 7.62. The van der Waals surface area contributed by atoms with Crippen LogP contribution in [-0.2, 0) is 6.54 Å². The lowest BCUT2D eigenvalue weighted by Crippen LogP contribution is -2.45. The Morgan fingerprint density at radius 1 is 1.06 bits per heavy atom. The summed E-state index contributed by atoms with van der Waals surface area (Å²) in [5.74, 6) is 0.598. The van der Waals surface area contributed by atoms with Gasteiger partial charge in [-0.1, -0.05) is 24.3 Å². The van der Waals surface area contributed by atoms with Crippen molar-refractivity contribution in [2.24, 2.45) is 0 Å². The van der Waals surface area contributed by atoms with Gasteiger partial charge in [-0.3, -0.25) is 4.90 Å². The standard InChI is InChI=1S/C26H28N4O2/c1-26(31)10-3-11-30(17-26)16-18-4-6-19(7-5-18)21-12-22-23(15-29-25(22)28-14-21)20-8-9-24(32-2)27-13-20/h4-9,12-15,31H,3,10-11,16-17H2,1-2H3,(H,28,29). The third kappa shape index (κ3) is 4.24. The molecule has 0 bridgehead atoms. The second kappa shape index (κ2) is 8.37. The zero-order chi connectivity index (χ0) is 22.1. The second-order valence-electron chi connectivity index (χ2n) is 8.92. The van der Waals surface area contributed by atoms with Gasteiger partial charge < -0.3 is 14.8 Å². The number of pyridine rings is 2. The summed E-state index contributed by atoms with van der Waals surface area (Å²) in [7, 11) is 1.62. The van der Waals surface area contributed by atoms with Crippen LogP contribution >= 0.6 is 0 Å². The van der Waals surface area contributed by atoms with Gasteiger partial charge in [-0.2, -0.15) is 0 Å². The minimum atomic E-state index is -0.576. The number of fused-ring (bicyclic) bond motifs is 1. The topological polar surface area (TPSA) is 74.3 Å². The quantitative estimate of drug-likeness (QED) is 0.484. The van der Waals surface area contributed by atoms with Crippen molar-refractivity contribution in [2.45, 2.75) is 31.9 Å². The third-order valence-corrected chi connectivity index (χ3v) is 6.23. The molecule has 2 N–H and O–H groups in total. The molecule has 0 spiro atoms. The Bertz CT molecular complexity index is 1210. The fourth-order valence-electron chi connectivity index (χ4n) is 4.58. The molecule has 164 valence electrons. The highest BCUT2D eigenvalue weighted by molar-refractivity contribution is 5.95. The highest BCUT2D eigenvalue weighted by Crippen LogP contribution is 2.31. The van der Waals surface area contributed by atoms with Crippen molar-refractivity contribution in [3.63, 3.8) is 0 Å². The van der Waals surface area contributed by atoms with Crippen molar-refractivity contribution >= 4 is 11.0 Å². The molecule has 0 radical (unpaired) electrons. The van der Waals surface area contributed by atoms with E-state index in [0.29, 0.717) is 5.88 Å². The number of methoxy groups -OCH3 is 1. The Morgan fingerprint density at radius 3 is 2.56 bits per heavy atom. The molecule has 6 heteroatoms. The number of piperidine rings is 1. The molecule has 0 amide bonds. The molecule has 1 aliphatic rings. The van der Waals surface area contributed by atoms with Crippen LogP contribution in [0, 0.1) is 0 Å². The molecule has 32 heavy (non-hydrogen) atoms. The number of β-amino-alcohol motifs (C(OH)–C–C–N with tert-alkyl or cyclic N) is 1. The molecule has 1 unspecified atom stereocenters. The SMILES string of the molecule is COc1ccc(-c2c[nH]c3ncc(-c4ccc(CN5CCCC(C)(O)C5)cc4)cc23)cn1. The number of H-pyrrole nitrogens is 1. The smallest absolute Gasteiger partial charge is 0.212 e. The first-order valence-corrected chi connectivity index (χ1v) is 11.0. The molecular formula is C26H28N4O2. The number of aromatic amines is 1. The summed E-state index contributed by atoms with van der Waals surface area (Å²) in [5, 5.41) is 11.4. The van der Waals surface area contributed by atoms with E-state index in [-0.39, 0.29) is 0 Å². The first kappa shape index (κ1) is 20.7. The molecule has 6 nitrogen and oxygen atoms in total. The number of hydrogen-bond donors (Lipinski definition) is 2. The lowest BCUT2D eigenvalue weighted by molar-refractivity contribution is -0.0181. The van der Waals surface area contributed by atoms with Crippen LogP contribution in [0.2, 0.25) is 0 Å². The zero-order valence-electron chi connectivity index (χ0n) is 18.5. The zero-order valence-corrected chi connectivity index (χ0v) is 18.5. The van der Waals surface area contributed by atoms with Gasteiger partial charge in [0.25, 0.3) is 0 Å². The van der Waals surface area contributed by atoms with E-state index in [0.717, 1.165) is 65.8 Å². The third-order valence-electron chi connectivity index (χ3n) is 6.23. The van der Waals surface area contributed by atoms with Gasteiger partial charge in [-0.05, 0) is 49.6 Å². The van der Waals surface area contributed by atoms with Crippen molar-refractivity contribution < 1.29 is 9.84 Å². The van der Waals surface area contributed by atoms with Gasteiger partial charge in [0.15, 0.2) is 0 Å². The van der Waals surface area contributed by atoms with Crippen molar-refractivity contribution in [2.75, 3.05) is 20.2 Å². The number of hydrogen-bond acceptors (Lipinski definition) is 5. The van der Waals surface area contributed by atoms with E-state index in [9.17, 15) is 5.11 Å². The summed E-state index contributed by atoms with van der Waals surface area (Å²) in [6, 6.07) is 14.7. The number of aromatic nitrogens is 3. The summed E-state index contributed by atoms with van der Waals surface area (Å²) < 4.78 is 5.17. The molecule has 0 aliphatic carbocycles. The monoisotopic (exact) mass is 428 g/mol. The molecule has 0 saturated carbocycles. The van der Waals surface area contributed by atoms with Crippen LogP contribution in [-0.4, -0.2) is 50.8 Å². The average molecular weight is 429 g/mol. The Balaban J connectivity index is 1.38. The van der Waals surface area contributed by atoms with Crippen LogP contribution in [0.3, 0.4) is 0 Å². The summed E-state index contributed by atoms with van der Waals surface area (Å²) in [5.41, 5.74) is 5.83. The van der Waals surface area contributed by atoms with Gasteiger partial charge >= 0.3 is 0 Å². The minimum Gasteiger partial charge on any atom is -0.481 e. The fraction of sp³-hybridized carbons (Fsp3) is 0.308. The van der Waals surface area contributed by atoms with E-state index in [4.69, 9.17) is 4.74 Å². The van der Waals surface area contributed by atoms with Crippen molar-refractivity contribution in [1.29, 1.82) is 0 Å². The van der Waals surface area contributed by atoms with Gasteiger partial charge in [-0.25, -0.2) is 9.97 Å². The lowest BCUT2D eigenvalue weighted by atomic mass is 9.94. The van der Waals surface area contributed by atoms with Gasteiger partial charge in [0, 0.05) is 59.8 Å². The number of likely N-dealkylation sites (tertiary alicyclic amines) is 1. The Hall–Kier alpha value is -3.22. The number of aliphatic hydroxyl groups is 1. The van der Waals surface area contributed by atoms with Crippen LogP contribution in [0.5, 0.6) is 5.88 Å². The van der Waals surface area contributed by atoms with Gasteiger partial charge in [0.05, 0.1) is 12.7 Å². The summed E-state index contributed by atoms with van der Waals surface area (Å²) in [6.45, 7) is 4.56. The molecule has 5 rings (SSSR count). The number of nitrogens with zero attached hydrogens (tertiary/aromatic N) is 3. The van der Waals surface area contributed by atoms with E-state index in [1.165, 1.54) is 5.56 Å². The summed E-state index contributed by atoms with van der Waals surface area (Å²) in [4.78, 5) is 14.6. The minimum absolute atomic E-state index is 0.576. The number of nitrogens with one attached hydrogen (secondary N) is 1. The first-order valence-electron chi connectivity index (χ1n) is 11.0. The number of benzene rings is 1. The van der Waals surface area contributed by atoms with Crippen LogP contribution in [0.4, 0.5) is 0 Å². The van der Waals surface area contributed by atoms with Crippen molar-refractivity contribution in [3.8, 4) is 28.1 Å². The Labute approximate surface area is 187 Å². The number of rotatable bonds is 5.